The Balaban J connectivity index is 1.87. The molecule has 0 aliphatic rings. The van der Waals surface area contributed by atoms with Crippen molar-refractivity contribution >= 4 is 23.3 Å². The lowest BCUT2D eigenvalue weighted by Gasteiger charge is -2.08. The molecular weight excluding hydrogens is 304 g/mol. The summed E-state index contributed by atoms with van der Waals surface area (Å²) in [6.45, 7) is 4.80. The summed E-state index contributed by atoms with van der Waals surface area (Å²) in [6, 6.07) is 10.9. The molecule has 3 N–H and O–H groups in total. The molecule has 126 valence electrons. The predicted octanol–water partition coefficient (Wildman–Crippen LogP) is 2.58. The van der Waals surface area contributed by atoms with Gasteiger partial charge in [-0.2, -0.15) is 0 Å². The Kier molecular flexibility index (Phi) is 6.31. The third-order valence-corrected chi connectivity index (χ3v) is 3.34. The first kappa shape index (κ1) is 17.5. The third kappa shape index (κ3) is 5.39. The van der Waals surface area contributed by atoms with Crippen LogP contribution < -0.4 is 16.0 Å². The van der Waals surface area contributed by atoms with Crippen molar-refractivity contribution in [2.24, 2.45) is 0 Å². The SMILES string of the molecule is CCCNC(=O)CNc1ccc(C(=O)Nc2ccc(C)cc2)cn1. The van der Waals surface area contributed by atoms with Crippen molar-refractivity contribution < 1.29 is 9.59 Å². The van der Waals surface area contributed by atoms with Crippen molar-refractivity contribution in [2.75, 3.05) is 23.7 Å². The van der Waals surface area contributed by atoms with Gasteiger partial charge in [0.2, 0.25) is 5.91 Å². The van der Waals surface area contributed by atoms with E-state index in [4.69, 9.17) is 0 Å². The van der Waals surface area contributed by atoms with E-state index in [1.165, 1.54) is 6.20 Å². The fourth-order valence-electron chi connectivity index (χ4n) is 1.97. The van der Waals surface area contributed by atoms with Gasteiger partial charge in [0.05, 0.1) is 12.1 Å². The molecule has 0 fully saturated rings. The van der Waals surface area contributed by atoms with E-state index in [0.717, 1.165) is 17.7 Å². The Morgan fingerprint density at radius 1 is 1.08 bits per heavy atom. The van der Waals surface area contributed by atoms with E-state index < -0.39 is 0 Å². The van der Waals surface area contributed by atoms with Gasteiger partial charge in [-0.25, -0.2) is 4.98 Å². The van der Waals surface area contributed by atoms with Crippen molar-refractivity contribution in [1.29, 1.82) is 0 Å². The number of carbonyl (C=O) groups is 2. The Hall–Kier alpha value is -2.89. The Morgan fingerprint density at radius 3 is 2.46 bits per heavy atom. The molecule has 6 heteroatoms. The van der Waals surface area contributed by atoms with Crippen molar-refractivity contribution in [3.05, 3.63) is 53.7 Å². The van der Waals surface area contributed by atoms with Crippen LogP contribution in [-0.4, -0.2) is 29.9 Å². The Labute approximate surface area is 141 Å². The molecule has 2 rings (SSSR count). The summed E-state index contributed by atoms with van der Waals surface area (Å²) < 4.78 is 0. The molecule has 0 aliphatic carbocycles. The topological polar surface area (TPSA) is 83.1 Å². The largest absolute Gasteiger partial charge is 0.361 e. The van der Waals surface area contributed by atoms with E-state index in [1.807, 2.05) is 38.1 Å². The quantitative estimate of drug-likeness (QED) is 0.730. The molecule has 0 saturated heterocycles. The first-order chi connectivity index (χ1) is 11.6. The zero-order valence-corrected chi connectivity index (χ0v) is 13.9. The van der Waals surface area contributed by atoms with Crippen LogP contribution in [0.25, 0.3) is 0 Å². The van der Waals surface area contributed by atoms with E-state index >= 15 is 0 Å². The van der Waals surface area contributed by atoms with Gasteiger partial charge in [-0.05, 0) is 37.6 Å². The summed E-state index contributed by atoms with van der Waals surface area (Å²) in [5, 5.41) is 8.51. The first-order valence-corrected chi connectivity index (χ1v) is 7.93. The normalized spacial score (nSPS) is 10.1. The summed E-state index contributed by atoms with van der Waals surface area (Å²) in [6.07, 6.45) is 2.38. The summed E-state index contributed by atoms with van der Waals surface area (Å²) >= 11 is 0. The van der Waals surface area contributed by atoms with Crippen LogP contribution in [0.1, 0.15) is 29.3 Å². The number of aryl methyl sites for hydroxylation is 1. The molecule has 2 amide bonds. The van der Waals surface area contributed by atoms with Crippen molar-refractivity contribution in [3.63, 3.8) is 0 Å². The van der Waals surface area contributed by atoms with Gasteiger partial charge in [-0.3, -0.25) is 9.59 Å². The van der Waals surface area contributed by atoms with Gasteiger partial charge >= 0.3 is 0 Å². The highest BCUT2D eigenvalue weighted by molar-refractivity contribution is 6.04. The molecule has 24 heavy (non-hydrogen) atoms. The lowest BCUT2D eigenvalue weighted by molar-refractivity contribution is -0.119. The Morgan fingerprint density at radius 2 is 1.83 bits per heavy atom. The van der Waals surface area contributed by atoms with E-state index in [0.29, 0.717) is 17.9 Å². The summed E-state index contributed by atoms with van der Waals surface area (Å²) in [7, 11) is 0. The van der Waals surface area contributed by atoms with Gasteiger partial charge in [0, 0.05) is 18.4 Å². The van der Waals surface area contributed by atoms with Crippen molar-refractivity contribution in [3.8, 4) is 0 Å². The molecule has 0 radical (unpaired) electrons. The molecule has 1 aromatic carbocycles. The molecule has 1 heterocycles. The average molecular weight is 326 g/mol. The minimum atomic E-state index is -0.224. The molecule has 6 nitrogen and oxygen atoms in total. The molecule has 1 aromatic heterocycles. The second-order valence-corrected chi connectivity index (χ2v) is 5.46. The number of amides is 2. The zero-order chi connectivity index (χ0) is 17.4. The van der Waals surface area contributed by atoms with Crippen molar-refractivity contribution in [1.82, 2.24) is 10.3 Å². The molecule has 0 atom stereocenters. The number of nitrogens with one attached hydrogen (secondary N) is 3. The minimum absolute atomic E-state index is 0.0835. The number of aromatic nitrogens is 1. The van der Waals surface area contributed by atoms with E-state index in [2.05, 4.69) is 20.9 Å². The number of rotatable bonds is 7. The van der Waals surface area contributed by atoms with Crippen LogP contribution in [0.2, 0.25) is 0 Å². The molecule has 2 aromatic rings. The standard InChI is InChI=1S/C18H22N4O2/c1-3-10-19-17(23)12-21-16-9-6-14(11-20-16)18(24)22-15-7-4-13(2)5-8-15/h4-9,11H,3,10,12H2,1-2H3,(H,19,23)(H,20,21)(H,22,24). The van der Waals surface area contributed by atoms with Gasteiger partial charge in [-0.15, -0.1) is 0 Å². The smallest absolute Gasteiger partial charge is 0.257 e. The van der Waals surface area contributed by atoms with Crippen LogP contribution in [0.5, 0.6) is 0 Å². The highest BCUT2D eigenvalue weighted by atomic mass is 16.2. The number of benzene rings is 1. The number of anilines is 2. The van der Waals surface area contributed by atoms with Gasteiger partial charge in [0.1, 0.15) is 5.82 Å². The number of pyridine rings is 1. The van der Waals surface area contributed by atoms with Crippen LogP contribution in [0.15, 0.2) is 42.6 Å². The van der Waals surface area contributed by atoms with Crippen LogP contribution in [0.4, 0.5) is 11.5 Å². The van der Waals surface area contributed by atoms with Crippen LogP contribution in [0, 0.1) is 6.92 Å². The van der Waals surface area contributed by atoms with E-state index in [-0.39, 0.29) is 18.4 Å². The predicted molar refractivity (Wildman–Crippen MR) is 95.2 cm³/mol. The van der Waals surface area contributed by atoms with Gasteiger partial charge < -0.3 is 16.0 Å². The lowest BCUT2D eigenvalue weighted by Crippen LogP contribution is -2.30. The number of nitrogens with zero attached hydrogens (tertiary/aromatic N) is 1. The number of carbonyl (C=O) groups excluding carboxylic acids is 2. The maximum atomic E-state index is 12.2. The summed E-state index contributed by atoms with van der Waals surface area (Å²) in [5.41, 5.74) is 2.32. The maximum Gasteiger partial charge on any atom is 0.257 e. The second-order valence-electron chi connectivity index (χ2n) is 5.46. The number of hydrogen-bond acceptors (Lipinski definition) is 4. The molecule has 0 aliphatic heterocycles. The molecular formula is C18H22N4O2. The molecule has 0 spiro atoms. The van der Waals surface area contributed by atoms with E-state index in [9.17, 15) is 9.59 Å². The van der Waals surface area contributed by atoms with E-state index in [1.54, 1.807) is 12.1 Å². The monoisotopic (exact) mass is 326 g/mol. The second kappa shape index (κ2) is 8.67. The maximum absolute atomic E-state index is 12.2. The van der Waals surface area contributed by atoms with Gasteiger partial charge in [0.25, 0.3) is 5.91 Å². The van der Waals surface area contributed by atoms with Crippen LogP contribution in [-0.2, 0) is 4.79 Å². The lowest BCUT2D eigenvalue weighted by atomic mass is 10.2. The zero-order valence-electron chi connectivity index (χ0n) is 13.9. The Bertz CT molecular complexity index is 681. The minimum Gasteiger partial charge on any atom is -0.361 e. The molecule has 0 unspecified atom stereocenters. The first-order valence-electron chi connectivity index (χ1n) is 7.93. The van der Waals surface area contributed by atoms with Crippen LogP contribution >= 0.6 is 0 Å². The average Bonchev–Trinajstić information content (AvgIpc) is 2.60. The van der Waals surface area contributed by atoms with Gasteiger partial charge in [-0.1, -0.05) is 24.6 Å². The molecule has 0 saturated carbocycles. The molecule has 0 bridgehead atoms. The highest BCUT2D eigenvalue weighted by Gasteiger charge is 2.07. The number of hydrogen-bond donors (Lipinski definition) is 3. The van der Waals surface area contributed by atoms with Crippen LogP contribution in [0.3, 0.4) is 0 Å². The fraction of sp³-hybridized carbons (Fsp3) is 0.278. The highest BCUT2D eigenvalue weighted by Crippen LogP contribution is 2.11. The summed E-state index contributed by atoms with van der Waals surface area (Å²) in [5.74, 6) is 0.243. The third-order valence-electron chi connectivity index (χ3n) is 3.34. The van der Waals surface area contributed by atoms with Crippen molar-refractivity contribution in [2.45, 2.75) is 20.3 Å². The fourth-order valence-corrected chi connectivity index (χ4v) is 1.97. The summed E-state index contributed by atoms with van der Waals surface area (Å²) in [4.78, 5) is 27.8. The van der Waals surface area contributed by atoms with Gasteiger partial charge in [0.15, 0.2) is 0 Å².